The van der Waals surface area contributed by atoms with E-state index < -0.39 is 0 Å². The average molecular weight is 333 g/mol. The number of methoxy groups -OCH3 is 1. The number of amides is 1. The Morgan fingerprint density at radius 3 is 2.36 bits per heavy atom. The Balaban J connectivity index is 1.98. The van der Waals surface area contributed by atoms with Gasteiger partial charge in [-0.15, -0.1) is 0 Å². The van der Waals surface area contributed by atoms with Crippen LogP contribution in [0, 0.1) is 0 Å². The van der Waals surface area contributed by atoms with Gasteiger partial charge in [-0.05, 0) is 46.9 Å². The summed E-state index contributed by atoms with van der Waals surface area (Å²) in [6.07, 6.45) is 1.02. The minimum absolute atomic E-state index is 0.154. The van der Waals surface area contributed by atoms with E-state index in [0.717, 1.165) is 28.4 Å². The van der Waals surface area contributed by atoms with Gasteiger partial charge >= 0.3 is 0 Å². The average Bonchev–Trinajstić information content (AvgIpc) is 2.66. The van der Waals surface area contributed by atoms with Crippen LogP contribution in [0.2, 0.25) is 0 Å². The lowest BCUT2D eigenvalue weighted by atomic mass is 9.96. The molecule has 1 atom stereocenters. The molecule has 1 N–H and O–H groups in total. The van der Waals surface area contributed by atoms with Crippen molar-refractivity contribution in [3.63, 3.8) is 0 Å². The van der Waals surface area contributed by atoms with Gasteiger partial charge < -0.3 is 10.1 Å². The van der Waals surface area contributed by atoms with Crippen LogP contribution in [0.15, 0.2) is 60.7 Å². The fraction of sp³-hybridized carbons (Fsp3) is 0.227. The van der Waals surface area contributed by atoms with Crippen LogP contribution in [0.3, 0.4) is 0 Å². The molecule has 0 fully saturated rings. The van der Waals surface area contributed by atoms with E-state index in [1.807, 2.05) is 54.6 Å². The van der Waals surface area contributed by atoms with Gasteiger partial charge in [0.05, 0.1) is 12.7 Å². The molecular formula is C22H23NO2. The molecule has 1 amide bonds. The number of nitrogens with one attached hydrogen (secondary N) is 1. The summed E-state index contributed by atoms with van der Waals surface area (Å²) in [5.74, 6) is 0.811. The maximum atomic E-state index is 12.9. The second-order valence-corrected chi connectivity index (χ2v) is 6.25. The van der Waals surface area contributed by atoms with Gasteiger partial charge in [-0.2, -0.15) is 0 Å². The van der Waals surface area contributed by atoms with Crippen LogP contribution >= 0.6 is 0 Å². The number of rotatable bonds is 5. The molecule has 0 bridgehead atoms. The zero-order valence-electron chi connectivity index (χ0n) is 14.9. The van der Waals surface area contributed by atoms with E-state index in [4.69, 9.17) is 4.74 Å². The highest BCUT2D eigenvalue weighted by molar-refractivity contribution is 6.09. The highest BCUT2D eigenvalue weighted by Gasteiger charge is 2.16. The molecule has 25 heavy (non-hydrogen) atoms. The molecule has 0 saturated heterocycles. The highest BCUT2D eigenvalue weighted by Crippen LogP contribution is 2.29. The standard InChI is InChI=1S/C22H23NO2/c1-4-15(2)18-11-7-8-12-20(18)23-22(24)19-13-16-9-5-6-10-17(16)14-21(19)25-3/h5-15H,4H2,1-3H3,(H,23,24)/t15-/m1/s1. The second kappa shape index (κ2) is 7.39. The number of hydrogen-bond donors (Lipinski definition) is 1. The molecule has 0 radical (unpaired) electrons. The fourth-order valence-corrected chi connectivity index (χ4v) is 3.02. The Morgan fingerprint density at radius 1 is 1.04 bits per heavy atom. The van der Waals surface area contributed by atoms with E-state index in [1.54, 1.807) is 7.11 Å². The van der Waals surface area contributed by atoms with Gasteiger partial charge in [-0.25, -0.2) is 0 Å². The van der Waals surface area contributed by atoms with Crippen molar-refractivity contribution in [2.24, 2.45) is 0 Å². The van der Waals surface area contributed by atoms with E-state index >= 15 is 0 Å². The van der Waals surface area contributed by atoms with Crippen LogP contribution in [-0.4, -0.2) is 13.0 Å². The van der Waals surface area contributed by atoms with Crippen LogP contribution in [-0.2, 0) is 0 Å². The number of ether oxygens (including phenoxy) is 1. The van der Waals surface area contributed by atoms with E-state index in [9.17, 15) is 4.79 Å². The summed E-state index contributed by atoms with van der Waals surface area (Å²) >= 11 is 0. The normalized spacial score (nSPS) is 12.0. The van der Waals surface area contributed by atoms with Crippen LogP contribution in [0.25, 0.3) is 10.8 Å². The third kappa shape index (κ3) is 3.50. The van der Waals surface area contributed by atoms with Gasteiger partial charge in [0, 0.05) is 5.69 Å². The number of hydrogen-bond acceptors (Lipinski definition) is 2. The van der Waals surface area contributed by atoms with Gasteiger partial charge in [0.2, 0.25) is 0 Å². The first-order valence-electron chi connectivity index (χ1n) is 8.61. The molecule has 3 aromatic rings. The summed E-state index contributed by atoms with van der Waals surface area (Å²) in [6.45, 7) is 4.32. The lowest BCUT2D eigenvalue weighted by Crippen LogP contribution is -2.15. The molecule has 0 saturated carbocycles. The Labute approximate surface area is 148 Å². The zero-order chi connectivity index (χ0) is 17.8. The summed E-state index contributed by atoms with van der Waals surface area (Å²) in [6, 6.07) is 19.7. The quantitative estimate of drug-likeness (QED) is 0.658. The molecule has 3 rings (SSSR count). The number of para-hydroxylation sites is 1. The van der Waals surface area contributed by atoms with E-state index in [0.29, 0.717) is 17.2 Å². The van der Waals surface area contributed by atoms with Gasteiger partial charge in [-0.3, -0.25) is 4.79 Å². The summed E-state index contributed by atoms with van der Waals surface area (Å²) < 4.78 is 5.45. The molecule has 3 nitrogen and oxygen atoms in total. The topological polar surface area (TPSA) is 38.3 Å². The van der Waals surface area contributed by atoms with Crippen LogP contribution in [0.5, 0.6) is 5.75 Å². The minimum atomic E-state index is -0.154. The smallest absolute Gasteiger partial charge is 0.259 e. The first-order chi connectivity index (χ1) is 12.1. The minimum Gasteiger partial charge on any atom is -0.496 e. The predicted octanol–water partition coefficient (Wildman–Crippen LogP) is 5.61. The first kappa shape index (κ1) is 17.0. The lowest BCUT2D eigenvalue weighted by molar-refractivity contribution is 0.102. The summed E-state index contributed by atoms with van der Waals surface area (Å²) in [7, 11) is 1.59. The van der Waals surface area contributed by atoms with Gasteiger partial charge in [0.25, 0.3) is 5.91 Å². The SMILES string of the molecule is CC[C@@H](C)c1ccccc1NC(=O)c1cc2ccccc2cc1OC. The summed E-state index contributed by atoms with van der Waals surface area (Å²) in [5, 5.41) is 5.13. The molecular weight excluding hydrogens is 310 g/mol. The Hall–Kier alpha value is -2.81. The monoisotopic (exact) mass is 333 g/mol. The highest BCUT2D eigenvalue weighted by atomic mass is 16.5. The molecule has 128 valence electrons. The van der Waals surface area contributed by atoms with Crippen LogP contribution in [0.1, 0.15) is 42.1 Å². The number of carbonyl (C=O) groups is 1. The van der Waals surface area contributed by atoms with Crippen molar-refractivity contribution < 1.29 is 9.53 Å². The number of anilines is 1. The number of fused-ring (bicyclic) bond motifs is 1. The Kier molecular flexibility index (Phi) is 5.03. The van der Waals surface area contributed by atoms with Gasteiger partial charge in [0.15, 0.2) is 0 Å². The second-order valence-electron chi connectivity index (χ2n) is 6.25. The van der Waals surface area contributed by atoms with Crippen LogP contribution in [0.4, 0.5) is 5.69 Å². The molecule has 0 aliphatic heterocycles. The molecule has 0 heterocycles. The van der Waals surface area contributed by atoms with Crippen molar-refractivity contribution in [2.75, 3.05) is 12.4 Å². The van der Waals surface area contributed by atoms with Crippen molar-refractivity contribution in [2.45, 2.75) is 26.2 Å². The third-order valence-electron chi connectivity index (χ3n) is 4.66. The summed E-state index contributed by atoms with van der Waals surface area (Å²) in [5.41, 5.74) is 2.55. The summed E-state index contributed by atoms with van der Waals surface area (Å²) in [4.78, 5) is 12.9. The zero-order valence-corrected chi connectivity index (χ0v) is 14.9. The Bertz CT molecular complexity index is 901. The predicted molar refractivity (Wildman–Crippen MR) is 104 cm³/mol. The first-order valence-corrected chi connectivity index (χ1v) is 8.61. The molecule has 0 aliphatic rings. The van der Waals surface area contributed by atoms with Crippen molar-refractivity contribution in [1.29, 1.82) is 0 Å². The maximum absolute atomic E-state index is 12.9. The lowest BCUT2D eigenvalue weighted by Gasteiger charge is -2.16. The number of benzene rings is 3. The van der Waals surface area contributed by atoms with Crippen molar-refractivity contribution in [3.05, 3.63) is 71.8 Å². The third-order valence-corrected chi connectivity index (χ3v) is 4.66. The fourth-order valence-electron chi connectivity index (χ4n) is 3.02. The molecule has 0 aliphatic carbocycles. The van der Waals surface area contributed by atoms with Gasteiger partial charge in [-0.1, -0.05) is 56.3 Å². The molecule has 0 aromatic heterocycles. The van der Waals surface area contributed by atoms with Gasteiger partial charge in [0.1, 0.15) is 5.75 Å². The van der Waals surface area contributed by atoms with E-state index in [1.165, 1.54) is 0 Å². The van der Waals surface area contributed by atoms with Crippen molar-refractivity contribution in [3.8, 4) is 5.75 Å². The molecule has 0 spiro atoms. The van der Waals surface area contributed by atoms with Crippen LogP contribution < -0.4 is 10.1 Å². The van der Waals surface area contributed by atoms with E-state index in [2.05, 4.69) is 25.2 Å². The largest absolute Gasteiger partial charge is 0.496 e. The Morgan fingerprint density at radius 2 is 1.68 bits per heavy atom. The molecule has 3 heteroatoms. The van der Waals surface area contributed by atoms with E-state index in [-0.39, 0.29) is 5.91 Å². The van der Waals surface area contributed by atoms with Crippen molar-refractivity contribution in [1.82, 2.24) is 0 Å². The molecule has 3 aromatic carbocycles. The van der Waals surface area contributed by atoms with Crippen molar-refractivity contribution >= 4 is 22.4 Å². The molecule has 0 unspecified atom stereocenters. The maximum Gasteiger partial charge on any atom is 0.259 e. The number of carbonyl (C=O) groups excluding carboxylic acids is 1.